The van der Waals surface area contributed by atoms with Gasteiger partial charge in [-0.05, 0) is 23.9 Å². The highest BCUT2D eigenvalue weighted by atomic mass is 16.4. The van der Waals surface area contributed by atoms with E-state index in [1.165, 1.54) is 0 Å². The number of phenolic OH excluding ortho intramolecular Hbond substituents is 5. The molecule has 0 aliphatic carbocycles. The number of aromatic nitrogens is 3. The van der Waals surface area contributed by atoms with Crippen LogP contribution in [0.15, 0.2) is 41.5 Å². The van der Waals surface area contributed by atoms with Crippen molar-refractivity contribution in [3.63, 3.8) is 0 Å². The number of pyridine rings is 1. The summed E-state index contributed by atoms with van der Waals surface area (Å²) in [7, 11) is 1.76. The summed E-state index contributed by atoms with van der Waals surface area (Å²) in [5, 5.41) is 55.3. The predicted molar refractivity (Wildman–Crippen MR) is 116 cm³/mol. The second kappa shape index (κ2) is 7.59. The number of fused-ring (bicyclic) bond motifs is 1. The van der Waals surface area contributed by atoms with Crippen molar-refractivity contribution in [1.29, 1.82) is 0 Å². The Bertz CT molecular complexity index is 1480. The molecule has 9 nitrogen and oxygen atoms in total. The van der Waals surface area contributed by atoms with Gasteiger partial charge in [-0.25, -0.2) is 0 Å². The topological polar surface area (TPSA) is 141 Å². The summed E-state index contributed by atoms with van der Waals surface area (Å²) in [5.41, 5.74) is 0.259. The van der Waals surface area contributed by atoms with Gasteiger partial charge in [0.25, 0.3) is 5.56 Å². The minimum atomic E-state index is -1.10. The van der Waals surface area contributed by atoms with Crippen LogP contribution in [0.1, 0.15) is 23.7 Å². The van der Waals surface area contributed by atoms with E-state index in [9.17, 15) is 30.3 Å². The van der Waals surface area contributed by atoms with Crippen molar-refractivity contribution < 1.29 is 25.5 Å². The molecule has 0 saturated heterocycles. The maximum absolute atomic E-state index is 13.6. The maximum atomic E-state index is 13.6. The Morgan fingerprint density at radius 2 is 1.62 bits per heavy atom. The molecule has 5 N–H and O–H groups in total. The van der Waals surface area contributed by atoms with Gasteiger partial charge >= 0.3 is 0 Å². The predicted octanol–water partition coefficient (Wildman–Crippen LogP) is 2.21. The van der Waals surface area contributed by atoms with E-state index in [-0.39, 0.29) is 5.39 Å². The average molecular weight is 433 g/mol. The number of rotatable bonds is 2. The van der Waals surface area contributed by atoms with Crippen LogP contribution in [0.2, 0.25) is 0 Å². The lowest BCUT2D eigenvalue weighted by Crippen LogP contribution is -2.23. The van der Waals surface area contributed by atoms with E-state index in [4.69, 9.17) is 0 Å². The van der Waals surface area contributed by atoms with Crippen molar-refractivity contribution in [3.8, 4) is 46.3 Å². The Hall–Kier alpha value is -4.58. The lowest BCUT2D eigenvalue weighted by atomic mass is 10.0. The van der Waals surface area contributed by atoms with Crippen LogP contribution in [-0.4, -0.2) is 39.9 Å². The molecule has 0 bridgehead atoms. The molecular formula is C23H19N3O6. The fraction of sp³-hybridized carbons (Fsp3) is 0.130. The SMILES string of the molecule is CCc1cc2cccc(C#Cc3cnn(C)c3)c2c(=O)n1-c1c(O)c(O)c(O)c(O)c1O. The summed E-state index contributed by atoms with van der Waals surface area (Å²) in [6.07, 6.45) is 3.63. The average Bonchev–Trinajstić information content (AvgIpc) is 3.21. The van der Waals surface area contributed by atoms with Crippen LogP contribution >= 0.6 is 0 Å². The first kappa shape index (κ1) is 20.7. The molecule has 0 fully saturated rings. The van der Waals surface area contributed by atoms with Crippen LogP contribution in [0.5, 0.6) is 28.7 Å². The number of phenols is 5. The highest BCUT2D eigenvalue weighted by molar-refractivity contribution is 5.89. The van der Waals surface area contributed by atoms with E-state index >= 15 is 0 Å². The van der Waals surface area contributed by atoms with Crippen LogP contribution in [0.4, 0.5) is 0 Å². The number of nitrogens with zero attached hydrogens (tertiary/aromatic N) is 3. The van der Waals surface area contributed by atoms with Crippen molar-refractivity contribution >= 4 is 10.8 Å². The molecule has 0 amide bonds. The summed E-state index contributed by atoms with van der Waals surface area (Å²) in [6, 6.07) is 6.84. The molecule has 0 atom stereocenters. The summed E-state index contributed by atoms with van der Waals surface area (Å²) < 4.78 is 2.59. The van der Waals surface area contributed by atoms with E-state index in [1.807, 2.05) is 0 Å². The van der Waals surface area contributed by atoms with Crippen LogP contribution in [0, 0.1) is 11.8 Å². The Balaban J connectivity index is 2.07. The number of hydrogen-bond donors (Lipinski definition) is 5. The second-order valence-electron chi connectivity index (χ2n) is 7.14. The second-order valence-corrected chi connectivity index (χ2v) is 7.14. The Labute approximate surface area is 181 Å². The lowest BCUT2D eigenvalue weighted by molar-refractivity contribution is 0.326. The van der Waals surface area contributed by atoms with E-state index in [0.29, 0.717) is 28.6 Å². The summed E-state index contributed by atoms with van der Waals surface area (Å²) in [5.74, 6) is 0.776. The maximum Gasteiger partial charge on any atom is 0.264 e. The van der Waals surface area contributed by atoms with Gasteiger partial charge in [-0.3, -0.25) is 14.0 Å². The van der Waals surface area contributed by atoms with Crippen LogP contribution in [-0.2, 0) is 13.5 Å². The molecule has 0 saturated carbocycles. The molecular weight excluding hydrogens is 414 g/mol. The molecule has 2 heterocycles. The van der Waals surface area contributed by atoms with Gasteiger partial charge in [0.2, 0.25) is 17.2 Å². The minimum absolute atomic E-state index is 0.215. The van der Waals surface area contributed by atoms with Gasteiger partial charge in [-0.15, -0.1) is 0 Å². The first-order chi connectivity index (χ1) is 15.2. The van der Waals surface area contributed by atoms with Crippen LogP contribution in [0.25, 0.3) is 16.5 Å². The highest BCUT2D eigenvalue weighted by Gasteiger charge is 2.27. The zero-order chi connectivity index (χ0) is 23.2. The Kier molecular flexibility index (Phi) is 4.91. The standard InChI is InChI=1S/C23H19N3O6/c1-3-15-9-14-6-4-5-13(8-7-12-10-24-25(2)11-12)16(14)23(32)26(15)17-18(27)20(29)22(31)21(30)19(17)28/h4-6,9-11,27-31H,3H2,1-2H3. The fourth-order valence-corrected chi connectivity index (χ4v) is 3.53. The van der Waals surface area contributed by atoms with Crippen LogP contribution < -0.4 is 5.56 Å². The van der Waals surface area contributed by atoms with Crippen molar-refractivity contribution in [2.24, 2.45) is 7.05 Å². The molecule has 0 unspecified atom stereocenters. The largest absolute Gasteiger partial charge is 0.503 e. The number of benzene rings is 2. The van der Waals surface area contributed by atoms with Crippen molar-refractivity contribution in [2.75, 3.05) is 0 Å². The summed E-state index contributed by atoms with van der Waals surface area (Å²) in [4.78, 5) is 13.6. The third kappa shape index (κ3) is 3.15. The van der Waals surface area contributed by atoms with Gasteiger partial charge in [0.1, 0.15) is 5.69 Å². The van der Waals surface area contributed by atoms with Crippen molar-refractivity contribution in [3.05, 3.63) is 63.8 Å². The number of aryl methyl sites for hydroxylation is 2. The zero-order valence-electron chi connectivity index (χ0n) is 17.2. The number of hydrogen-bond acceptors (Lipinski definition) is 7. The van der Waals surface area contributed by atoms with Gasteiger partial charge < -0.3 is 25.5 Å². The lowest BCUT2D eigenvalue weighted by Gasteiger charge is -2.18. The molecule has 4 rings (SSSR count). The molecule has 0 aliphatic heterocycles. The smallest absolute Gasteiger partial charge is 0.264 e. The monoisotopic (exact) mass is 433 g/mol. The first-order valence-corrected chi connectivity index (χ1v) is 9.62. The fourth-order valence-electron chi connectivity index (χ4n) is 3.53. The Morgan fingerprint density at radius 1 is 0.969 bits per heavy atom. The van der Waals surface area contributed by atoms with Gasteiger partial charge in [0.15, 0.2) is 11.5 Å². The normalized spacial score (nSPS) is 10.8. The minimum Gasteiger partial charge on any atom is -0.503 e. The van der Waals surface area contributed by atoms with Gasteiger partial charge in [-0.1, -0.05) is 30.9 Å². The molecule has 0 spiro atoms. The van der Waals surface area contributed by atoms with Gasteiger partial charge in [-0.2, -0.15) is 5.10 Å². The first-order valence-electron chi connectivity index (χ1n) is 9.62. The molecule has 162 valence electrons. The van der Waals surface area contributed by atoms with E-state index in [2.05, 4.69) is 16.9 Å². The molecule has 4 aromatic rings. The molecule has 0 radical (unpaired) electrons. The highest BCUT2D eigenvalue weighted by Crippen LogP contribution is 2.52. The van der Waals surface area contributed by atoms with Gasteiger partial charge in [0.05, 0.1) is 17.1 Å². The van der Waals surface area contributed by atoms with Crippen molar-refractivity contribution in [2.45, 2.75) is 13.3 Å². The molecule has 2 aromatic heterocycles. The van der Waals surface area contributed by atoms with Crippen LogP contribution in [0.3, 0.4) is 0 Å². The van der Waals surface area contributed by atoms with E-state index in [1.54, 1.807) is 55.3 Å². The molecule has 9 heteroatoms. The molecule has 0 aliphatic rings. The van der Waals surface area contributed by atoms with Gasteiger partial charge in [0, 0.05) is 24.5 Å². The summed E-state index contributed by atoms with van der Waals surface area (Å²) in [6.45, 7) is 1.76. The van der Waals surface area contributed by atoms with E-state index in [0.717, 1.165) is 4.57 Å². The van der Waals surface area contributed by atoms with Crippen molar-refractivity contribution in [1.82, 2.24) is 14.3 Å². The van der Waals surface area contributed by atoms with E-state index < -0.39 is 40.0 Å². The zero-order valence-corrected chi connectivity index (χ0v) is 17.2. The molecule has 2 aromatic carbocycles. The third-order valence-electron chi connectivity index (χ3n) is 5.10. The molecule has 32 heavy (non-hydrogen) atoms. The third-order valence-corrected chi connectivity index (χ3v) is 5.10. The number of aromatic hydroxyl groups is 5. The quantitative estimate of drug-likeness (QED) is 0.185. The summed E-state index contributed by atoms with van der Waals surface area (Å²) >= 11 is 0. The Morgan fingerprint density at radius 3 is 2.22 bits per heavy atom.